The van der Waals surface area contributed by atoms with Crippen molar-refractivity contribution in [1.82, 2.24) is 0 Å². The van der Waals surface area contributed by atoms with Gasteiger partial charge < -0.3 is 4.74 Å². The van der Waals surface area contributed by atoms with E-state index >= 15 is 0 Å². The van der Waals surface area contributed by atoms with E-state index in [4.69, 9.17) is 4.74 Å². The minimum atomic E-state index is -0.202. The Kier molecular flexibility index (Phi) is 13.8. The zero-order chi connectivity index (χ0) is 22.0. The van der Waals surface area contributed by atoms with Gasteiger partial charge in [-0.05, 0) is 29.3 Å². The van der Waals surface area contributed by atoms with E-state index in [9.17, 15) is 4.79 Å². The van der Waals surface area contributed by atoms with Crippen LogP contribution in [0.5, 0.6) is 0 Å². The molecule has 0 fully saturated rings. The monoisotopic (exact) mass is 424 g/mol. The van der Waals surface area contributed by atoms with Gasteiger partial charge in [-0.25, -0.2) is 4.79 Å². The van der Waals surface area contributed by atoms with Crippen LogP contribution in [-0.4, -0.2) is 12.6 Å². The summed E-state index contributed by atoms with van der Waals surface area (Å²) in [5.41, 5.74) is 0.648. The molecule has 0 radical (unpaired) electrons. The lowest BCUT2D eigenvalue weighted by Gasteiger charge is -2.06. The fourth-order valence-electron chi connectivity index (χ4n) is 4.21. The first kappa shape index (κ1) is 25.4. The maximum Gasteiger partial charge on any atom is 0.338 e. The number of fused-ring (bicyclic) bond motifs is 1. The van der Waals surface area contributed by atoms with Gasteiger partial charge in [-0.1, -0.05) is 134 Å². The van der Waals surface area contributed by atoms with Gasteiger partial charge in [-0.15, -0.1) is 0 Å². The number of hydrogen-bond donors (Lipinski definition) is 0. The Labute approximate surface area is 190 Å². The number of ether oxygens (including phenoxy) is 1. The van der Waals surface area contributed by atoms with Crippen molar-refractivity contribution >= 4 is 16.7 Å². The van der Waals surface area contributed by atoms with Gasteiger partial charge in [-0.3, -0.25) is 0 Å². The molecule has 0 saturated heterocycles. The molecule has 0 aromatic heterocycles. The van der Waals surface area contributed by atoms with Gasteiger partial charge in [0, 0.05) is 0 Å². The van der Waals surface area contributed by atoms with E-state index in [1.807, 2.05) is 36.4 Å². The lowest BCUT2D eigenvalue weighted by Crippen LogP contribution is -2.06. The van der Waals surface area contributed by atoms with Gasteiger partial charge in [0.2, 0.25) is 0 Å². The highest BCUT2D eigenvalue weighted by Gasteiger charge is 2.07. The molecule has 172 valence electrons. The maximum absolute atomic E-state index is 12.2. The SMILES string of the molecule is CCCCCCCCCCCCCCCCCCOC(=O)c1ccc2ccccc2c1. The Balaban J connectivity index is 1.37. The van der Waals surface area contributed by atoms with Crippen LogP contribution in [-0.2, 0) is 4.74 Å². The fraction of sp³-hybridized carbons (Fsp3) is 0.621. The summed E-state index contributed by atoms with van der Waals surface area (Å²) in [6.45, 7) is 2.81. The van der Waals surface area contributed by atoms with E-state index in [-0.39, 0.29) is 5.97 Å². The Morgan fingerprint density at radius 3 is 1.65 bits per heavy atom. The van der Waals surface area contributed by atoms with Crippen molar-refractivity contribution in [1.29, 1.82) is 0 Å². The number of hydrogen-bond acceptors (Lipinski definition) is 2. The van der Waals surface area contributed by atoms with Gasteiger partial charge in [0.15, 0.2) is 0 Å². The Bertz CT molecular complexity index is 722. The van der Waals surface area contributed by atoms with Gasteiger partial charge in [0.25, 0.3) is 0 Å². The number of rotatable bonds is 18. The molecule has 0 aliphatic rings. The summed E-state index contributed by atoms with van der Waals surface area (Å²) in [7, 11) is 0. The molecule has 0 bridgehead atoms. The van der Waals surface area contributed by atoms with Crippen molar-refractivity contribution in [2.45, 2.75) is 110 Å². The van der Waals surface area contributed by atoms with Crippen LogP contribution in [0.3, 0.4) is 0 Å². The third-order valence-corrected chi connectivity index (χ3v) is 6.22. The topological polar surface area (TPSA) is 26.3 Å². The van der Waals surface area contributed by atoms with Crippen molar-refractivity contribution < 1.29 is 9.53 Å². The number of benzene rings is 2. The fourth-order valence-corrected chi connectivity index (χ4v) is 4.21. The van der Waals surface area contributed by atoms with Crippen LogP contribution < -0.4 is 0 Å². The molecule has 0 unspecified atom stereocenters. The Morgan fingerprint density at radius 1 is 0.613 bits per heavy atom. The highest BCUT2D eigenvalue weighted by molar-refractivity contribution is 5.95. The zero-order valence-electron chi connectivity index (χ0n) is 19.9. The standard InChI is InChI=1S/C29H44O2/c1-2-3-4-5-6-7-8-9-10-11-12-13-14-15-16-19-24-31-29(30)28-23-22-26-20-17-18-21-27(26)25-28/h17-18,20-23,25H,2-16,19,24H2,1H3. The molecule has 31 heavy (non-hydrogen) atoms. The molecule has 2 nitrogen and oxygen atoms in total. The number of esters is 1. The number of unbranched alkanes of at least 4 members (excludes halogenated alkanes) is 15. The first-order valence-corrected chi connectivity index (χ1v) is 13.0. The molecule has 0 aliphatic heterocycles. The quantitative estimate of drug-likeness (QED) is 0.176. The summed E-state index contributed by atoms with van der Waals surface area (Å²) in [4.78, 5) is 12.2. The molecule has 2 aromatic carbocycles. The second-order valence-electron chi connectivity index (χ2n) is 9.00. The molecule has 0 atom stereocenters. The van der Waals surface area contributed by atoms with E-state index < -0.39 is 0 Å². The zero-order valence-corrected chi connectivity index (χ0v) is 19.9. The average molecular weight is 425 g/mol. The van der Waals surface area contributed by atoms with Crippen molar-refractivity contribution in [2.75, 3.05) is 6.61 Å². The van der Waals surface area contributed by atoms with E-state index in [0.717, 1.165) is 23.6 Å². The molecule has 0 aliphatic carbocycles. The van der Waals surface area contributed by atoms with E-state index in [1.165, 1.54) is 89.9 Å². The average Bonchev–Trinajstić information content (AvgIpc) is 2.80. The van der Waals surface area contributed by atoms with E-state index in [2.05, 4.69) is 13.0 Å². The molecular formula is C29H44O2. The van der Waals surface area contributed by atoms with Crippen LogP contribution in [0.4, 0.5) is 0 Å². The molecule has 0 amide bonds. The Morgan fingerprint density at radius 2 is 1.10 bits per heavy atom. The lowest BCUT2D eigenvalue weighted by molar-refractivity contribution is 0.0498. The highest BCUT2D eigenvalue weighted by Crippen LogP contribution is 2.17. The first-order valence-electron chi connectivity index (χ1n) is 13.0. The van der Waals surface area contributed by atoms with Crippen LogP contribution >= 0.6 is 0 Å². The van der Waals surface area contributed by atoms with Gasteiger partial charge >= 0.3 is 5.97 Å². The summed E-state index contributed by atoms with van der Waals surface area (Å²) >= 11 is 0. The van der Waals surface area contributed by atoms with Crippen molar-refractivity contribution in [3.63, 3.8) is 0 Å². The predicted octanol–water partition coefficient (Wildman–Crippen LogP) is 9.26. The van der Waals surface area contributed by atoms with Gasteiger partial charge in [0.1, 0.15) is 0 Å². The number of carbonyl (C=O) groups is 1. The molecule has 0 N–H and O–H groups in total. The minimum Gasteiger partial charge on any atom is -0.462 e. The molecule has 2 aromatic rings. The van der Waals surface area contributed by atoms with Crippen molar-refractivity contribution in [3.8, 4) is 0 Å². The summed E-state index contributed by atoms with van der Waals surface area (Å²) in [6.07, 6.45) is 21.6. The minimum absolute atomic E-state index is 0.202. The second kappa shape index (κ2) is 16.8. The summed E-state index contributed by atoms with van der Waals surface area (Å²) < 4.78 is 5.46. The Hall–Kier alpha value is -1.83. The van der Waals surface area contributed by atoms with Crippen LogP contribution in [0, 0.1) is 0 Å². The largest absolute Gasteiger partial charge is 0.462 e. The lowest BCUT2D eigenvalue weighted by atomic mass is 10.0. The molecule has 2 heteroatoms. The number of carbonyl (C=O) groups excluding carboxylic acids is 1. The molecule has 0 heterocycles. The molecule has 0 spiro atoms. The van der Waals surface area contributed by atoms with Crippen LogP contribution in [0.1, 0.15) is 120 Å². The highest BCUT2D eigenvalue weighted by atomic mass is 16.5. The van der Waals surface area contributed by atoms with Crippen LogP contribution in [0.15, 0.2) is 42.5 Å². The molecular weight excluding hydrogens is 380 g/mol. The summed E-state index contributed by atoms with van der Waals surface area (Å²) in [6, 6.07) is 13.9. The molecule has 0 saturated carbocycles. The molecule has 2 rings (SSSR count). The van der Waals surface area contributed by atoms with E-state index in [1.54, 1.807) is 0 Å². The second-order valence-corrected chi connectivity index (χ2v) is 9.00. The maximum atomic E-state index is 12.2. The summed E-state index contributed by atoms with van der Waals surface area (Å²) in [5, 5.41) is 2.23. The predicted molar refractivity (Wildman–Crippen MR) is 134 cm³/mol. The summed E-state index contributed by atoms with van der Waals surface area (Å²) in [5.74, 6) is -0.202. The van der Waals surface area contributed by atoms with Crippen molar-refractivity contribution in [3.05, 3.63) is 48.0 Å². The smallest absolute Gasteiger partial charge is 0.338 e. The van der Waals surface area contributed by atoms with Crippen LogP contribution in [0.25, 0.3) is 10.8 Å². The first-order chi connectivity index (χ1) is 15.3. The van der Waals surface area contributed by atoms with E-state index in [0.29, 0.717) is 12.2 Å². The van der Waals surface area contributed by atoms with Gasteiger partial charge in [-0.2, -0.15) is 0 Å². The van der Waals surface area contributed by atoms with Crippen LogP contribution in [0.2, 0.25) is 0 Å². The van der Waals surface area contributed by atoms with Crippen molar-refractivity contribution in [2.24, 2.45) is 0 Å². The third kappa shape index (κ3) is 11.4. The third-order valence-electron chi connectivity index (χ3n) is 6.22. The normalized spacial score (nSPS) is 11.1. The van der Waals surface area contributed by atoms with Gasteiger partial charge in [0.05, 0.1) is 12.2 Å².